The van der Waals surface area contributed by atoms with Crippen LogP contribution >= 0.6 is 11.3 Å². The highest BCUT2D eigenvalue weighted by Gasteiger charge is 2.09. The van der Waals surface area contributed by atoms with E-state index in [1.807, 2.05) is 22.9 Å². The van der Waals surface area contributed by atoms with Crippen LogP contribution in [0.25, 0.3) is 11.0 Å². The molecule has 0 aliphatic heterocycles. The van der Waals surface area contributed by atoms with Gasteiger partial charge in [0.25, 0.3) is 0 Å². The molecule has 0 saturated carbocycles. The molecule has 0 aliphatic carbocycles. The summed E-state index contributed by atoms with van der Waals surface area (Å²) in [6, 6.07) is 0. The number of nitrogens with zero attached hydrogens (tertiary/aromatic N) is 2. The first-order valence-corrected chi connectivity index (χ1v) is 5.31. The highest BCUT2D eigenvalue weighted by atomic mass is 32.1. The van der Waals surface area contributed by atoms with Gasteiger partial charge in [-0.05, 0) is 19.9 Å². The molecular weight excluding hydrogens is 212 g/mol. The molecule has 0 saturated heterocycles. The maximum absolute atomic E-state index is 10.7. The maximum Gasteiger partial charge on any atom is 0.331 e. The molecule has 0 aliphatic rings. The molecule has 15 heavy (non-hydrogen) atoms. The molecule has 0 fully saturated rings. The molecule has 2 aromatic rings. The zero-order chi connectivity index (χ0) is 11.0. The lowest BCUT2D eigenvalue weighted by atomic mass is 10.2. The van der Waals surface area contributed by atoms with E-state index in [4.69, 9.17) is 5.11 Å². The number of carbonyl (C=O) groups is 1. The van der Waals surface area contributed by atoms with Gasteiger partial charge in [0.05, 0.1) is 11.4 Å². The molecule has 0 aromatic carbocycles. The van der Waals surface area contributed by atoms with Crippen molar-refractivity contribution < 1.29 is 9.90 Å². The van der Waals surface area contributed by atoms with Gasteiger partial charge in [-0.2, -0.15) is 0 Å². The average Bonchev–Trinajstić information content (AvgIpc) is 2.69. The minimum Gasteiger partial charge on any atom is -0.478 e. The van der Waals surface area contributed by atoms with E-state index >= 15 is 0 Å². The third-order valence-corrected chi connectivity index (χ3v) is 2.93. The van der Waals surface area contributed by atoms with Crippen molar-refractivity contribution in [3.8, 4) is 0 Å². The fourth-order valence-corrected chi connectivity index (χ4v) is 2.12. The summed E-state index contributed by atoms with van der Waals surface area (Å²) in [6.07, 6.45) is 3.53. The standard InChI is InChI=1S/C10H10N2O2S/c1-6(9(13)14)5-8-7(2)11-10-12(8)3-4-15-10/h3-5H,1-2H3,(H,13,14). The summed E-state index contributed by atoms with van der Waals surface area (Å²) < 4.78 is 1.90. The molecule has 0 bridgehead atoms. The van der Waals surface area contributed by atoms with Crippen LogP contribution in [0.4, 0.5) is 0 Å². The van der Waals surface area contributed by atoms with Crippen LogP contribution in [0.15, 0.2) is 17.2 Å². The minimum atomic E-state index is -0.903. The second-order valence-electron chi connectivity index (χ2n) is 3.27. The highest BCUT2D eigenvalue weighted by Crippen LogP contribution is 2.19. The largest absolute Gasteiger partial charge is 0.478 e. The predicted octanol–water partition coefficient (Wildman–Crippen LogP) is 2.19. The number of thiazole rings is 1. The SMILES string of the molecule is CC(=Cc1c(C)nc2sccn12)C(=O)O. The van der Waals surface area contributed by atoms with E-state index in [0.717, 1.165) is 16.3 Å². The molecule has 0 amide bonds. The van der Waals surface area contributed by atoms with Gasteiger partial charge in [0.2, 0.25) is 0 Å². The Morgan fingerprint density at radius 2 is 2.40 bits per heavy atom. The lowest BCUT2D eigenvalue weighted by Crippen LogP contribution is -1.96. The third-order valence-electron chi connectivity index (χ3n) is 2.17. The third kappa shape index (κ3) is 1.66. The Hall–Kier alpha value is -1.62. The number of hydrogen-bond donors (Lipinski definition) is 1. The number of imidazole rings is 1. The Labute approximate surface area is 90.5 Å². The van der Waals surface area contributed by atoms with Crippen molar-refractivity contribution in [2.75, 3.05) is 0 Å². The fraction of sp³-hybridized carbons (Fsp3) is 0.200. The molecular formula is C10H10N2O2S. The summed E-state index contributed by atoms with van der Waals surface area (Å²) in [5.41, 5.74) is 2.00. The van der Waals surface area contributed by atoms with Crippen LogP contribution in [0.3, 0.4) is 0 Å². The van der Waals surface area contributed by atoms with Gasteiger partial charge in [0.15, 0.2) is 4.96 Å². The number of aryl methyl sites for hydroxylation is 1. The van der Waals surface area contributed by atoms with Crippen LogP contribution in [-0.2, 0) is 4.79 Å². The molecule has 5 heteroatoms. The molecule has 0 unspecified atom stereocenters. The second-order valence-corrected chi connectivity index (χ2v) is 4.14. The molecule has 4 nitrogen and oxygen atoms in total. The number of aromatic nitrogens is 2. The van der Waals surface area contributed by atoms with Crippen molar-refractivity contribution in [3.63, 3.8) is 0 Å². The minimum absolute atomic E-state index is 0.311. The molecule has 1 N–H and O–H groups in total. The molecule has 0 spiro atoms. The van der Waals surface area contributed by atoms with Gasteiger partial charge in [-0.3, -0.25) is 4.40 Å². The summed E-state index contributed by atoms with van der Waals surface area (Å²) in [5, 5.41) is 10.7. The summed E-state index contributed by atoms with van der Waals surface area (Å²) in [6.45, 7) is 3.45. The first-order valence-electron chi connectivity index (χ1n) is 4.43. The van der Waals surface area contributed by atoms with Crippen LogP contribution in [0.2, 0.25) is 0 Å². The second kappa shape index (κ2) is 3.51. The first-order chi connectivity index (χ1) is 7.09. The van der Waals surface area contributed by atoms with Crippen LogP contribution in [-0.4, -0.2) is 20.5 Å². The fourth-order valence-electron chi connectivity index (χ4n) is 1.35. The Morgan fingerprint density at radius 1 is 1.67 bits per heavy atom. The number of carboxylic acid groups (broad SMARTS) is 1. The van der Waals surface area contributed by atoms with Gasteiger partial charge < -0.3 is 5.11 Å². The average molecular weight is 222 g/mol. The Morgan fingerprint density at radius 3 is 3.07 bits per heavy atom. The van der Waals surface area contributed by atoms with Crippen molar-refractivity contribution in [2.24, 2.45) is 0 Å². The summed E-state index contributed by atoms with van der Waals surface area (Å²) in [7, 11) is 0. The maximum atomic E-state index is 10.7. The number of hydrogen-bond acceptors (Lipinski definition) is 3. The number of rotatable bonds is 2. The summed E-state index contributed by atoms with van der Waals surface area (Å²) in [5.74, 6) is -0.903. The van der Waals surface area contributed by atoms with Crippen LogP contribution < -0.4 is 0 Å². The predicted molar refractivity (Wildman–Crippen MR) is 59.1 cm³/mol. The van der Waals surface area contributed by atoms with E-state index in [0.29, 0.717) is 5.57 Å². The smallest absolute Gasteiger partial charge is 0.331 e. The van der Waals surface area contributed by atoms with E-state index in [1.54, 1.807) is 13.0 Å². The van der Waals surface area contributed by atoms with E-state index < -0.39 is 5.97 Å². The summed E-state index contributed by atoms with van der Waals surface area (Å²) >= 11 is 1.53. The van der Waals surface area contributed by atoms with E-state index in [9.17, 15) is 4.79 Å². The molecule has 0 atom stereocenters. The van der Waals surface area contributed by atoms with Gasteiger partial charge in [-0.15, -0.1) is 11.3 Å². The molecule has 0 radical (unpaired) electrons. The number of aliphatic carboxylic acids is 1. The highest BCUT2D eigenvalue weighted by molar-refractivity contribution is 7.15. The Balaban J connectivity index is 2.60. The zero-order valence-corrected chi connectivity index (χ0v) is 9.21. The molecule has 2 heterocycles. The number of carboxylic acids is 1. The molecule has 78 valence electrons. The van der Waals surface area contributed by atoms with Gasteiger partial charge in [-0.1, -0.05) is 0 Å². The first kappa shape index (κ1) is 9.92. The monoisotopic (exact) mass is 222 g/mol. The van der Waals surface area contributed by atoms with E-state index in [2.05, 4.69) is 4.98 Å². The molecule has 2 aromatic heterocycles. The van der Waals surface area contributed by atoms with Crippen molar-refractivity contribution in [1.82, 2.24) is 9.38 Å². The van der Waals surface area contributed by atoms with Crippen LogP contribution in [0, 0.1) is 6.92 Å². The number of fused-ring (bicyclic) bond motifs is 1. The van der Waals surface area contributed by atoms with Gasteiger partial charge in [0, 0.05) is 17.2 Å². The zero-order valence-electron chi connectivity index (χ0n) is 8.39. The Bertz CT molecular complexity index is 551. The summed E-state index contributed by atoms with van der Waals surface area (Å²) in [4.78, 5) is 15.9. The van der Waals surface area contributed by atoms with E-state index in [-0.39, 0.29) is 0 Å². The van der Waals surface area contributed by atoms with Crippen molar-refractivity contribution in [1.29, 1.82) is 0 Å². The van der Waals surface area contributed by atoms with Crippen LogP contribution in [0.5, 0.6) is 0 Å². The lowest BCUT2D eigenvalue weighted by Gasteiger charge is -1.95. The van der Waals surface area contributed by atoms with Crippen LogP contribution in [0.1, 0.15) is 18.3 Å². The Kier molecular flexibility index (Phi) is 2.32. The van der Waals surface area contributed by atoms with E-state index in [1.165, 1.54) is 11.3 Å². The topological polar surface area (TPSA) is 54.6 Å². The lowest BCUT2D eigenvalue weighted by molar-refractivity contribution is -0.132. The molecule has 2 rings (SSSR count). The van der Waals surface area contributed by atoms with Gasteiger partial charge in [-0.25, -0.2) is 9.78 Å². The van der Waals surface area contributed by atoms with Gasteiger partial charge >= 0.3 is 5.97 Å². The van der Waals surface area contributed by atoms with Crippen molar-refractivity contribution in [2.45, 2.75) is 13.8 Å². The van der Waals surface area contributed by atoms with Gasteiger partial charge in [0.1, 0.15) is 0 Å². The van der Waals surface area contributed by atoms with Crippen molar-refractivity contribution >= 4 is 28.3 Å². The quantitative estimate of drug-likeness (QED) is 0.792. The van der Waals surface area contributed by atoms with Crippen molar-refractivity contribution in [3.05, 3.63) is 28.5 Å². The normalized spacial score (nSPS) is 12.3.